The van der Waals surface area contributed by atoms with E-state index in [0.717, 1.165) is 29.5 Å². The van der Waals surface area contributed by atoms with Crippen molar-refractivity contribution in [1.29, 1.82) is 0 Å². The van der Waals surface area contributed by atoms with Crippen molar-refractivity contribution in [2.24, 2.45) is 0 Å². The number of aryl methyl sites for hydroxylation is 2. The Morgan fingerprint density at radius 3 is 2.38 bits per heavy atom. The molecule has 21 heavy (non-hydrogen) atoms. The molecular formula is C18H20O3. The molecule has 0 bridgehead atoms. The predicted molar refractivity (Wildman–Crippen MR) is 83.6 cm³/mol. The third kappa shape index (κ3) is 3.24. The lowest BCUT2D eigenvalue weighted by molar-refractivity contribution is 0.0597. The van der Waals surface area contributed by atoms with E-state index in [2.05, 4.69) is 0 Å². The van der Waals surface area contributed by atoms with E-state index < -0.39 is 5.97 Å². The van der Waals surface area contributed by atoms with Crippen molar-refractivity contribution in [3.8, 4) is 16.9 Å². The molecule has 2 aromatic rings. The largest absolute Gasteiger partial charge is 0.507 e. The third-order valence-electron chi connectivity index (χ3n) is 3.50. The monoisotopic (exact) mass is 284 g/mol. The minimum absolute atomic E-state index is 0.0274. The van der Waals surface area contributed by atoms with Gasteiger partial charge < -0.3 is 9.84 Å². The van der Waals surface area contributed by atoms with E-state index in [4.69, 9.17) is 4.74 Å². The molecule has 0 saturated carbocycles. The van der Waals surface area contributed by atoms with E-state index in [1.807, 2.05) is 44.2 Å². The average Bonchev–Trinajstić information content (AvgIpc) is 2.49. The molecule has 2 rings (SSSR count). The molecule has 0 amide bonds. The normalized spacial score (nSPS) is 10.4. The molecule has 3 nitrogen and oxygen atoms in total. The number of aromatic hydroxyl groups is 1. The Kier molecular flexibility index (Phi) is 4.63. The molecule has 0 spiro atoms. The van der Waals surface area contributed by atoms with Crippen molar-refractivity contribution in [3.05, 3.63) is 53.1 Å². The van der Waals surface area contributed by atoms with E-state index in [9.17, 15) is 9.90 Å². The van der Waals surface area contributed by atoms with Gasteiger partial charge in [-0.3, -0.25) is 0 Å². The minimum Gasteiger partial charge on any atom is -0.507 e. The first kappa shape index (κ1) is 15.1. The molecule has 2 aromatic carbocycles. The summed E-state index contributed by atoms with van der Waals surface area (Å²) in [5, 5.41) is 10.2. The fourth-order valence-electron chi connectivity index (χ4n) is 2.33. The lowest BCUT2D eigenvalue weighted by Gasteiger charge is -2.12. The van der Waals surface area contributed by atoms with Crippen molar-refractivity contribution in [1.82, 2.24) is 0 Å². The summed E-state index contributed by atoms with van der Waals surface area (Å²) in [6, 6.07) is 11.7. The number of hydrogen-bond acceptors (Lipinski definition) is 3. The number of benzene rings is 2. The van der Waals surface area contributed by atoms with E-state index >= 15 is 0 Å². The number of carbonyl (C=O) groups is 1. The maximum absolute atomic E-state index is 11.8. The van der Waals surface area contributed by atoms with E-state index in [1.54, 1.807) is 6.07 Å². The molecule has 1 N–H and O–H groups in total. The molecule has 0 atom stereocenters. The molecule has 0 aliphatic heterocycles. The van der Waals surface area contributed by atoms with Crippen molar-refractivity contribution in [2.45, 2.75) is 26.7 Å². The highest BCUT2D eigenvalue weighted by atomic mass is 16.5. The molecule has 0 radical (unpaired) electrons. The van der Waals surface area contributed by atoms with Gasteiger partial charge in [0.2, 0.25) is 0 Å². The fraction of sp³-hybridized carbons (Fsp3) is 0.278. The van der Waals surface area contributed by atoms with Crippen molar-refractivity contribution < 1.29 is 14.6 Å². The zero-order valence-electron chi connectivity index (χ0n) is 12.6. The van der Waals surface area contributed by atoms with Crippen LogP contribution in [0.1, 0.15) is 34.8 Å². The first-order valence-electron chi connectivity index (χ1n) is 7.08. The van der Waals surface area contributed by atoms with Gasteiger partial charge in [-0.05, 0) is 42.2 Å². The number of rotatable bonds is 4. The van der Waals surface area contributed by atoms with Crippen LogP contribution in [0.3, 0.4) is 0 Å². The van der Waals surface area contributed by atoms with Gasteiger partial charge in [-0.2, -0.15) is 0 Å². The number of phenolic OH excluding ortho intramolecular Hbond substituents is 1. The zero-order valence-corrected chi connectivity index (χ0v) is 12.6. The molecule has 0 aliphatic carbocycles. The van der Waals surface area contributed by atoms with Gasteiger partial charge in [0.25, 0.3) is 0 Å². The highest BCUT2D eigenvalue weighted by Crippen LogP contribution is 2.31. The van der Waals surface area contributed by atoms with Crippen molar-refractivity contribution in [3.63, 3.8) is 0 Å². The van der Waals surface area contributed by atoms with Crippen LogP contribution in [0.5, 0.6) is 5.75 Å². The molecule has 0 saturated heterocycles. The lowest BCUT2D eigenvalue weighted by Crippen LogP contribution is -2.04. The number of phenols is 1. The highest BCUT2D eigenvalue weighted by Gasteiger charge is 2.17. The van der Waals surface area contributed by atoms with E-state index in [1.165, 1.54) is 12.7 Å². The number of ether oxygens (including phenoxy) is 1. The molecule has 0 aliphatic rings. The van der Waals surface area contributed by atoms with Crippen LogP contribution in [0.25, 0.3) is 11.1 Å². The Hall–Kier alpha value is -2.29. The summed E-state index contributed by atoms with van der Waals surface area (Å²) in [7, 11) is 1.32. The predicted octanol–water partition coefficient (Wildman–Crippen LogP) is 4.11. The quantitative estimate of drug-likeness (QED) is 0.859. The lowest BCUT2D eigenvalue weighted by atomic mass is 9.96. The summed E-state index contributed by atoms with van der Waals surface area (Å²) in [6.45, 7) is 4.07. The summed E-state index contributed by atoms with van der Waals surface area (Å²) < 4.78 is 4.76. The molecule has 0 fully saturated rings. The topological polar surface area (TPSA) is 46.5 Å². The SMILES string of the molecule is CCCc1cc(-c2ccc(C)cc2)cc(C(=O)OC)c1O. The zero-order chi connectivity index (χ0) is 15.4. The molecule has 3 heteroatoms. The second kappa shape index (κ2) is 6.44. The Morgan fingerprint density at radius 1 is 1.14 bits per heavy atom. The van der Waals surface area contributed by atoms with Gasteiger partial charge in [0.1, 0.15) is 11.3 Å². The van der Waals surface area contributed by atoms with Crippen LogP contribution < -0.4 is 0 Å². The summed E-state index contributed by atoms with van der Waals surface area (Å²) >= 11 is 0. The fourth-order valence-corrected chi connectivity index (χ4v) is 2.33. The van der Waals surface area contributed by atoms with Gasteiger partial charge >= 0.3 is 5.97 Å². The first-order chi connectivity index (χ1) is 10.1. The summed E-state index contributed by atoms with van der Waals surface area (Å²) in [4.78, 5) is 11.8. The smallest absolute Gasteiger partial charge is 0.341 e. The summed E-state index contributed by atoms with van der Waals surface area (Å²) in [5.41, 5.74) is 4.11. The number of esters is 1. The first-order valence-corrected chi connectivity index (χ1v) is 7.08. The number of carbonyl (C=O) groups excluding carboxylic acids is 1. The van der Waals surface area contributed by atoms with Crippen molar-refractivity contribution in [2.75, 3.05) is 7.11 Å². The van der Waals surface area contributed by atoms with Crippen LogP contribution in [0.2, 0.25) is 0 Å². The Labute approximate surface area is 125 Å². The maximum Gasteiger partial charge on any atom is 0.341 e. The second-order valence-corrected chi connectivity index (χ2v) is 5.14. The van der Waals surface area contributed by atoms with Gasteiger partial charge in [-0.1, -0.05) is 43.2 Å². The standard InChI is InChI=1S/C18H20O3/c1-4-5-14-10-15(13-8-6-12(2)7-9-13)11-16(17(14)19)18(20)21-3/h6-11,19H,4-5H2,1-3H3. The highest BCUT2D eigenvalue weighted by molar-refractivity contribution is 5.94. The second-order valence-electron chi connectivity index (χ2n) is 5.14. The Balaban J connectivity index is 2.58. The van der Waals surface area contributed by atoms with Crippen molar-refractivity contribution >= 4 is 5.97 Å². The third-order valence-corrected chi connectivity index (χ3v) is 3.50. The van der Waals surface area contributed by atoms with E-state index in [0.29, 0.717) is 0 Å². The van der Waals surface area contributed by atoms with Gasteiger partial charge in [0.15, 0.2) is 0 Å². The Bertz CT molecular complexity index is 642. The van der Waals surface area contributed by atoms with Crippen LogP contribution in [-0.2, 0) is 11.2 Å². The van der Waals surface area contributed by atoms with Gasteiger partial charge in [-0.15, -0.1) is 0 Å². The number of methoxy groups -OCH3 is 1. The minimum atomic E-state index is -0.515. The summed E-state index contributed by atoms with van der Waals surface area (Å²) in [6.07, 6.45) is 1.61. The van der Waals surface area contributed by atoms with E-state index in [-0.39, 0.29) is 11.3 Å². The molecule has 110 valence electrons. The van der Waals surface area contributed by atoms with Gasteiger partial charge in [0.05, 0.1) is 7.11 Å². The number of hydrogen-bond donors (Lipinski definition) is 1. The summed E-state index contributed by atoms with van der Waals surface area (Å²) in [5.74, 6) is -0.488. The molecule has 0 heterocycles. The van der Waals surface area contributed by atoms with Crippen LogP contribution in [0.4, 0.5) is 0 Å². The molecular weight excluding hydrogens is 264 g/mol. The van der Waals surface area contributed by atoms with Crippen LogP contribution in [0, 0.1) is 6.92 Å². The molecule has 0 unspecified atom stereocenters. The van der Waals surface area contributed by atoms with Gasteiger partial charge in [-0.25, -0.2) is 4.79 Å². The maximum atomic E-state index is 11.8. The van der Waals surface area contributed by atoms with Crippen LogP contribution in [0.15, 0.2) is 36.4 Å². The average molecular weight is 284 g/mol. The van der Waals surface area contributed by atoms with Crippen LogP contribution in [-0.4, -0.2) is 18.2 Å². The Morgan fingerprint density at radius 2 is 1.81 bits per heavy atom. The van der Waals surface area contributed by atoms with Crippen LogP contribution >= 0.6 is 0 Å². The molecule has 0 aromatic heterocycles. The van der Waals surface area contributed by atoms with Gasteiger partial charge in [0, 0.05) is 0 Å².